The first-order valence-electron chi connectivity index (χ1n) is 5.39. The van der Waals surface area contributed by atoms with Gasteiger partial charge in [-0.1, -0.05) is 18.2 Å². The van der Waals surface area contributed by atoms with Crippen LogP contribution in [0.5, 0.6) is 0 Å². The minimum Gasteiger partial charge on any atom is -0.363 e. The van der Waals surface area contributed by atoms with Crippen LogP contribution in [0, 0.1) is 0 Å². The van der Waals surface area contributed by atoms with Crippen LogP contribution >= 0.6 is 12.2 Å². The fourth-order valence-electron chi connectivity index (χ4n) is 2.11. The van der Waals surface area contributed by atoms with Gasteiger partial charge in [-0.05, 0) is 44.1 Å². The van der Waals surface area contributed by atoms with Crippen molar-refractivity contribution < 1.29 is 0 Å². The molecule has 2 nitrogen and oxygen atoms in total. The van der Waals surface area contributed by atoms with E-state index >= 15 is 0 Å². The molecule has 80 valence electrons. The lowest BCUT2D eigenvalue weighted by Gasteiger charge is -2.25. The highest BCUT2D eigenvalue weighted by molar-refractivity contribution is 7.80. The summed E-state index contributed by atoms with van der Waals surface area (Å²) in [6.45, 7) is 5.16. The lowest BCUT2D eigenvalue weighted by molar-refractivity contribution is 0.760. The van der Waals surface area contributed by atoms with Crippen LogP contribution in [0.25, 0.3) is 0 Å². The van der Waals surface area contributed by atoms with Gasteiger partial charge in [0, 0.05) is 18.3 Å². The van der Waals surface area contributed by atoms with Crippen molar-refractivity contribution in [1.82, 2.24) is 5.32 Å². The maximum Gasteiger partial charge on any atom is 0.173 e. The number of benzene rings is 1. The van der Waals surface area contributed by atoms with Gasteiger partial charge in [0.15, 0.2) is 5.11 Å². The summed E-state index contributed by atoms with van der Waals surface area (Å²) in [4.78, 5) is 2.22. The summed E-state index contributed by atoms with van der Waals surface area (Å²) in [5.41, 5.74) is 2.65. The van der Waals surface area contributed by atoms with Crippen molar-refractivity contribution in [2.75, 3.05) is 11.4 Å². The molecule has 2 rings (SSSR count). The number of para-hydroxylation sites is 1. The fourth-order valence-corrected chi connectivity index (χ4v) is 2.53. The first kappa shape index (κ1) is 10.4. The molecule has 0 saturated heterocycles. The Bertz CT molecular complexity index is 376. The average molecular weight is 220 g/mol. The monoisotopic (exact) mass is 220 g/mol. The molecule has 1 N–H and O–H groups in total. The highest BCUT2D eigenvalue weighted by Crippen LogP contribution is 2.31. The largest absolute Gasteiger partial charge is 0.363 e. The molecule has 1 atom stereocenters. The Hall–Kier alpha value is -1.09. The fraction of sp³-hybridized carbons (Fsp3) is 0.417. The smallest absolute Gasteiger partial charge is 0.173 e. The molecule has 0 saturated carbocycles. The van der Waals surface area contributed by atoms with Gasteiger partial charge < -0.3 is 10.2 Å². The molecule has 0 unspecified atom stereocenters. The molecule has 0 amide bonds. The maximum atomic E-state index is 5.38. The van der Waals surface area contributed by atoms with Gasteiger partial charge in [-0.25, -0.2) is 0 Å². The lowest BCUT2D eigenvalue weighted by Crippen LogP contribution is -2.42. The summed E-state index contributed by atoms with van der Waals surface area (Å²) < 4.78 is 0. The number of nitrogens with zero attached hydrogens (tertiary/aromatic N) is 1. The van der Waals surface area contributed by atoms with E-state index in [1.54, 1.807) is 0 Å². The molecule has 0 radical (unpaired) electrons. The van der Waals surface area contributed by atoms with Gasteiger partial charge in [0.1, 0.15) is 0 Å². The molecule has 0 aliphatic carbocycles. The first-order chi connectivity index (χ1) is 7.24. The number of hydrogen-bond donors (Lipinski definition) is 1. The van der Waals surface area contributed by atoms with E-state index in [0.29, 0.717) is 6.04 Å². The van der Waals surface area contributed by atoms with E-state index in [2.05, 4.69) is 48.3 Å². The minimum absolute atomic E-state index is 0.467. The molecule has 1 aromatic carbocycles. The molecule has 0 aromatic heterocycles. The standard InChI is InChI=1S/C12H16N2S/c1-3-13-12(15)14-9(2)8-10-6-4-5-7-11(10)14/h4-7,9H,3,8H2,1-2H3,(H,13,15)/t9-/m1/s1. The van der Waals surface area contributed by atoms with Crippen molar-refractivity contribution >= 4 is 23.0 Å². The van der Waals surface area contributed by atoms with Crippen molar-refractivity contribution in [3.8, 4) is 0 Å². The van der Waals surface area contributed by atoms with Crippen LogP contribution in [0.1, 0.15) is 19.4 Å². The highest BCUT2D eigenvalue weighted by atomic mass is 32.1. The molecule has 1 aromatic rings. The van der Waals surface area contributed by atoms with Crippen molar-refractivity contribution in [2.45, 2.75) is 26.3 Å². The zero-order chi connectivity index (χ0) is 10.8. The predicted octanol–water partition coefficient (Wildman–Crippen LogP) is 2.33. The number of fused-ring (bicyclic) bond motifs is 1. The topological polar surface area (TPSA) is 15.3 Å². The van der Waals surface area contributed by atoms with Crippen LogP contribution in [0.15, 0.2) is 24.3 Å². The maximum absolute atomic E-state index is 5.38. The first-order valence-corrected chi connectivity index (χ1v) is 5.79. The molecule has 1 aliphatic heterocycles. The van der Waals surface area contributed by atoms with Gasteiger partial charge in [-0.15, -0.1) is 0 Å². The summed E-state index contributed by atoms with van der Waals surface area (Å²) in [5.74, 6) is 0. The van der Waals surface area contributed by atoms with E-state index in [0.717, 1.165) is 18.1 Å². The number of hydrogen-bond acceptors (Lipinski definition) is 1. The van der Waals surface area contributed by atoms with Crippen LogP contribution in [0.3, 0.4) is 0 Å². The lowest BCUT2D eigenvalue weighted by atomic mass is 10.1. The van der Waals surface area contributed by atoms with Crippen molar-refractivity contribution in [3.63, 3.8) is 0 Å². The average Bonchev–Trinajstić information content (AvgIpc) is 2.54. The quantitative estimate of drug-likeness (QED) is 0.731. The Balaban J connectivity index is 2.29. The van der Waals surface area contributed by atoms with E-state index in [-0.39, 0.29) is 0 Å². The Morgan fingerprint density at radius 1 is 1.53 bits per heavy atom. The Kier molecular flexibility index (Phi) is 2.91. The molecule has 1 heterocycles. The Morgan fingerprint density at radius 2 is 2.27 bits per heavy atom. The number of rotatable bonds is 1. The van der Waals surface area contributed by atoms with Crippen LogP contribution in [0.2, 0.25) is 0 Å². The molecule has 3 heteroatoms. The van der Waals surface area contributed by atoms with Crippen LogP contribution < -0.4 is 10.2 Å². The van der Waals surface area contributed by atoms with Crippen LogP contribution in [-0.4, -0.2) is 17.7 Å². The van der Waals surface area contributed by atoms with Gasteiger partial charge in [0.05, 0.1) is 0 Å². The van der Waals surface area contributed by atoms with Crippen molar-refractivity contribution in [2.24, 2.45) is 0 Å². The summed E-state index contributed by atoms with van der Waals surface area (Å²) in [6, 6.07) is 8.95. The molecular formula is C12H16N2S. The summed E-state index contributed by atoms with van der Waals surface area (Å²) in [7, 11) is 0. The molecule has 15 heavy (non-hydrogen) atoms. The molecule has 0 fully saturated rings. The number of thiocarbonyl (C=S) groups is 1. The normalized spacial score (nSPS) is 18.8. The van der Waals surface area contributed by atoms with Gasteiger partial charge >= 0.3 is 0 Å². The summed E-state index contributed by atoms with van der Waals surface area (Å²) in [6.07, 6.45) is 1.09. The van der Waals surface area contributed by atoms with E-state index in [9.17, 15) is 0 Å². The second-order valence-electron chi connectivity index (χ2n) is 3.89. The van der Waals surface area contributed by atoms with Crippen molar-refractivity contribution in [1.29, 1.82) is 0 Å². The molecule has 1 aliphatic rings. The van der Waals surface area contributed by atoms with Crippen LogP contribution in [0.4, 0.5) is 5.69 Å². The molecular weight excluding hydrogens is 204 g/mol. The second-order valence-corrected chi connectivity index (χ2v) is 4.27. The minimum atomic E-state index is 0.467. The van der Waals surface area contributed by atoms with E-state index < -0.39 is 0 Å². The third-order valence-corrected chi connectivity index (χ3v) is 3.10. The molecule has 0 spiro atoms. The summed E-state index contributed by atoms with van der Waals surface area (Å²) in [5, 5.41) is 4.06. The SMILES string of the molecule is CCNC(=S)N1c2ccccc2C[C@H]1C. The second kappa shape index (κ2) is 4.19. The van der Waals surface area contributed by atoms with Gasteiger partial charge in [0.2, 0.25) is 0 Å². The Labute approximate surface area is 96.3 Å². The van der Waals surface area contributed by atoms with E-state index in [1.165, 1.54) is 11.3 Å². The molecule has 0 bridgehead atoms. The Morgan fingerprint density at radius 3 is 3.00 bits per heavy atom. The number of nitrogens with one attached hydrogen (secondary N) is 1. The zero-order valence-electron chi connectivity index (χ0n) is 9.16. The van der Waals surface area contributed by atoms with Gasteiger partial charge in [-0.3, -0.25) is 0 Å². The van der Waals surface area contributed by atoms with Crippen molar-refractivity contribution in [3.05, 3.63) is 29.8 Å². The third kappa shape index (κ3) is 1.84. The third-order valence-electron chi connectivity index (χ3n) is 2.75. The van der Waals surface area contributed by atoms with E-state index in [4.69, 9.17) is 12.2 Å². The zero-order valence-corrected chi connectivity index (χ0v) is 9.97. The summed E-state index contributed by atoms with van der Waals surface area (Å²) >= 11 is 5.38. The predicted molar refractivity (Wildman–Crippen MR) is 68.4 cm³/mol. The van der Waals surface area contributed by atoms with Crippen LogP contribution in [-0.2, 0) is 6.42 Å². The van der Waals surface area contributed by atoms with E-state index in [1.807, 2.05) is 0 Å². The van der Waals surface area contributed by atoms with Gasteiger partial charge in [-0.2, -0.15) is 0 Å². The van der Waals surface area contributed by atoms with Gasteiger partial charge in [0.25, 0.3) is 0 Å². The number of anilines is 1. The highest BCUT2D eigenvalue weighted by Gasteiger charge is 2.27.